The van der Waals surface area contributed by atoms with Crippen LogP contribution < -0.4 is 10.3 Å². The second-order valence-corrected chi connectivity index (χ2v) is 19.2. The van der Waals surface area contributed by atoms with Crippen LogP contribution in [0.2, 0.25) is 18.1 Å². The molecule has 2 aliphatic heterocycles. The molecular weight excluding hydrogens is 608 g/mol. The van der Waals surface area contributed by atoms with Gasteiger partial charge in [0, 0.05) is 16.5 Å². The van der Waals surface area contributed by atoms with Gasteiger partial charge in [-0.3, -0.25) is 4.79 Å². The fourth-order valence-electron chi connectivity index (χ4n) is 5.47. The molecule has 2 aromatic heterocycles. The third-order valence-corrected chi connectivity index (χ3v) is 13.5. The second-order valence-electron chi connectivity index (χ2n) is 14.4. The van der Waals surface area contributed by atoms with E-state index in [1.54, 1.807) is 63.5 Å². The standard InChI is InChI=1S/C34H42N2O9Si/c1-11-34(43-29(38)19(2)45-46(9,10)33(6,7)8)24-16-26-27-21(17-36(26)28(37)23(24)18-41-30(34)39)14-20-15-22(12-13-25(20)35-27)42-31(40)44-32(3,4)5/h12-16,19H,11,17-18H2,1-10H3/t19-,34+/m1/s1. The molecule has 0 amide bonds. The van der Waals surface area contributed by atoms with Gasteiger partial charge in [-0.2, -0.15) is 0 Å². The molecule has 0 fully saturated rings. The first-order valence-electron chi connectivity index (χ1n) is 15.5. The molecule has 11 nitrogen and oxygen atoms in total. The predicted molar refractivity (Wildman–Crippen MR) is 173 cm³/mol. The SMILES string of the molecule is CC[C@@]1(OC(=O)[C@@H](C)O[Si](C)(C)C(C)(C)C)C(=O)OCc2c1cc1n(c2=O)Cc2cc3cc(OC(=O)OC(C)(C)C)ccc3nc2-1. The minimum absolute atomic E-state index is 0.0543. The van der Waals surface area contributed by atoms with Crippen LogP contribution in [0.1, 0.15) is 78.5 Å². The molecule has 0 saturated heterocycles. The zero-order chi connectivity index (χ0) is 34.0. The number of carbonyl (C=O) groups is 3. The van der Waals surface area contributed by atoms with Crippen LogP contribution in [0.15, 0.2) is 35.1 Å². The van der Waals surface area contributed by atoms with Gasteiger partial charge in [0.1, 0.15) is 24.1 Å². The molecule has 246 valence electrons. The van der Waals surface area contributed by atoms with E-state index in [2.05, 4.69) is 20.8 Å². The van der Waals surface area contributed by atoms with E-state index in [1.165, 1.54) is 0 Å². The van der Waals surface area contributed by atoms with Gasteiger partial charge < -0.3 is 27.9 Å². The molecule has 0 bridgehead atoms. The topological polar surface area (TPSA) is 132 Å². The van der Waals surface area contributed by atoms with Crippen molar-refractivity contribution in [2.75, 3.05) is 0 Å². The average Bonchev–Trinajstić information content (AvgIpc) is 3.29. The van der Waals surface area contributed by atoms with Crippen LogP contribution in [0.4, 0.5) is 4.79 Å². The zero-order valence-corrected chi connectivity index (χ0v) is 29.2. The van der Waals surface area contributed by atoms with Crippen molar-refractivity contribution in [2.24, 2.45) is 0 Å². The fraction of sp³-hybridized carbons (Fsp3) is 0.500. The number of aromatic nitrogens is 2. The van der Waals surface area contributed by atoms with Crippen LogP contribution in [0.25, 0.3) is 22.3 Å². The van der Waals surface area contributed by atoms with E-state index in [0.29, 0.717) is 33.6 Å². The number of hydrogen-bond donors (Lipinski definition) is 0. The van der Waals surface area contributed by atoms with Crippen molar-refractivity contribution in [3.05, 3.63) is 57.4 Å². The molecular formula is C34H42N2O9Si. The maximum absolute atomic E-state index is 13.9. The summed E-state index contributed by atoms with van der Waals surface area (Å²) in [4.78, 5) is 57.9. The van der Waals surface area contributed by atoms with Crippen molar-refractivity contribution >= 4 is 37.3 Å². The summed E-state index contributed by atoms with van der Waals surface area (Å²) < 4.78 is 29.9. The first-order chi connectivity index (χ1) is 21.3. The highest BCUT2D eigenvalue weighted by molar-refractivity contribution is 6.74. The molecule has 0 unspecified atom stereocenters. The van der Waals surface area contributed by atoms with E-state index >= 15 is 0 Å². The van der Waals surface area contributed by atoms with E-state index in [1.807, 2.05) is 19.2 Å². The van der Waals surface area contributed by atoms with Crippen molar-refractivity contribution in [3.63, 3.8) is 0 Å². The monoisotopic (exact) mass is 650 g/mol. The number of carbonyl (C=O) groups excluding carboxylic acids is 3. The minimum Gasteiger partial charge on any atom is -0.457 e. The Labute approximate surface area is 269 Å². The highest BCUT2D eigenvalue weighted by atomic mass is 28.4. The number of ether oxygens (including phenoxy) is 4. The van der Waals surface area contributed by atoms with Gasteiger partial charge in [-0.1, -0.05) is 27.7 Å². The summed E-state index contributed by atoms with van der Waals surface area (Å²) >= 11 is 0. The minimum atomic E-state index is -2.34. The number of benzene rings is 1. The van der Waals surface area contributed by atoms with Crippen molar-refractivity contribution in [1.29, 1.82) is 0 Å². The molecule has 5 rings (SSSR count). The number of hydrogen-bond acceptors (Lipinski definition) is 10. The molecule has 4 heterocycles. The highest BCUT2D eigenvalue weighted by Gasteiger charge is 2.51. The van der Waals surface area contributed by atoms with Crippen LogP contribution in [0.3, 0.4) is 0 Å². The maximum atomic E-state index is 13.9. The quantitative estimate of drug-likeness (QED) is 0.101. The van der Waals surface area contributed by atoms with Gasteiger partial charge in [0.25, 0.3) is 5.56 Å². The van der Waals surface area contributed by atoms with Crippen molar-refractivity contribution in [3.8, 4) is 17.1 Å². The van der Waals surface area contributed by atoms with Crippen molar-refractivity contribution in [1.82, 2.24) is 9.55 Å². The summed E-state index contributed by atoms with van der Waals surface area (Å²) in [5.41, 5.74) is 0.124. The van der Waals surface area contributed by atoms with E-state index in [-0.39, 0.29) is 35.7 Å². The number of pyridine rings is 2. The first-order valence-corrected chi connectivity index (χ1v) is 18.4. The van der Waals surface area contributed by atoms with E-state index in [0.717, 1.165) is 5.56 Å². The smallest absolute Gasteiger partial charge is 0.457 e. The lowest BCUT2D eigenvalue weighted by molar-refractivity contribution is -0.193. The molecule has 46 heavy (non-hydrogen) atoms. The molecule has 12 heteroatoms. The molecule has 0 N–H and O–H groups in total. The van der Waals surface area contributed by atoms with Crippen molar-refractivity contribution < 1.29 is 37.8 Å². The van der Waals surface area contributed by atoms with Crippen LogP contribution in [0, 0.1) is 0 Å². The summed E-state index contributed by atoms with van der Waals surface area (Å²) in [5, 5.41) is 0.559. The van der Waals surface area contributed by atoms with E-state index in [4.69, 9.17) is 28.4 Å². The Morgan fingerprint density at radius 1 is 1.09 bits per heavy atom. The Bertz CT molecular complexity index is 1820. The molecule has 0 spiro atoms. The van der Waals surface area contributed by atoms with Gasteiger partial charge in [-0.05, 0) is 82.6 Å². The van der Waals surface area contributed by atoms with Gasteiger partial charge in [0.2, 0.25) is 5.60 Å². The predicted octanol–water partition coefficient (Wildman–Crippen LogP) is 6.35. The van der Waals surface area contributed by atoms with Gasteiger partial charge in [-0.15, -0.1) is 0 Å². The number of rotatable bonds is 6. The van der Waals surface area contributed by atoms with Gasteiger partial charge >= 0.3 is 18.1 Å². The molecule has 0 saturated carbocycles. The zero-order valence-electron chi connectivity index (χ0n) is 28.2. The molecule has 0 aliphatic carbocycles. The normalized spacial score (nSPS) is 18.3. The molecule has 2 atom stereocenters. The Balaban J connectivity index is 1.51. The Hall–Kier alpha value is -4.03. The number of cyclic esters (lactones) is 1. The Morgan fingerprint density at radius 3 is 2.41 bits per heavy atom. The Kier molecular flexibility index (Phi) is 8.22. The summed E-state index contributed by atoms with van der Waals surface area (Å²) in [6, 6.07) is 8.63. The van der Waals surface area contributed by atoms with Gasteiger partial charge in [-0.25, -0.2) is 19.4 Å². The van der Waals surface area contributed by atoms with Crippen molar-refractivity contribution in [2.45, 2.75) is 110 Å². The number of esters is 2. The molecule has 3 aromatic rings. The first kappa shape index (κ1) is 33.3. The molecule has 1 aromatic carbocycles. The summed E-state index contributed by atoms with van der Waals surface area (Å²) in [7, 11) is -2.34. The van der Waals surface area contributed by atoms with Crippen LogP contribution in [0.5, 0.6) is 5.75 Å². The fourth-order valence-corrected chi connectivity index (χ4v) is 6.81. The second kappa shape index (κ2) is 11.3. The number of nitrogens with zero attached hydrogens (tertiary/aromatic N) is 2. The summed E-state index contributed by atoms with van der Waals surface area (Å²) in [6.07, 6.45) is -1.70. The lowest BCUT2D eigenvalue weighted by atomic mass is 9.85. The maximum Gasteiger partial charge on any atom is 0.514 e. The third kappa shape index (κ3) is 5.95. The average molecular weight is 651 g/mol. The molecule has 2 aliphatic rings. The Morgan fingerprint density at radius 2 is 1.78 bits per heavy atom. The largest absolute Gasteiger partial charge is 0.514 e. The van der Waals surface area contributed by atoms with Gasteiger partial charge in [0.05, 0.1) is 29.0 Å². The number of fused-ring (bicyclic) bond motifs is 5. The molecule has 0 radical (unpaired) electrons. The lowest BCUT2D eigenvalue weighted by Crippen LogP contribution is -2.50. The van der Waals surface area contributed by atoms with E-state index in [9.17, 15) is 19.2 Å². The van der Waals surface area contributed by atoms with E-state index < -0.39 is 43.7 Å². The van der Waals surface area contributed by atoms with Crippen LogP contribution in [-0.2, 0) is 47.0 Å². The van der Waals surface area contributed by atoms with Crippen LogP contribution >= 0.6 is 0 Å². The highest BCUT2D eigenvalue weighted by Crippen LogP contribution is 2.42. The summed E-state index contributed by atoms with van der Waals surface area (Å²) in [6.45, 7) is 18.9. The lowest BCUT2D eigenvalue weighted by Gasteiger charge is -2.39. The van der Waals surface area contributed by atoms with Crippen LogP contribution in [-0.4, -0.2) is 47.7 Å². The third-order valence-electron chi connectivity index (χ3n) is 8.92. The summed E-state index contributed by atoms with van der Waals surface area (Å²) in [5.74, 6) is -1.14. The van der Waals surface area contributed by atoms with Gasteiger partial charge in [0.15, 0.2) is 8.32 Å².